The topological polar surface area (TPSA) is 108 Å². The molecule has 0 spiro atoms. The van der Waals surface area contributed by atoms with Crippen molar-refractivity contribution in [2.24, 2.45) is 0 Å². The summed E-state index contributed by atoms with van der Waals surface area (Å²) in [5.41, 5.74) is 2.60. The molecule has 0 aliphatic carbocycles. The molecular weight excluding hydrogens is 430 g/mol. The molecule has 0 unspecified atom stereocenters. The number of benzene rings is 3. The van der Waals surface area contributed by atoms with Gasteiger partial charge in [-0.25, -0.2) is 4.52 Å². The first kappa shape index (κ1) is 21.1. The largest absolute Gasteiger partial charge is 0.352 e. The first-order chi connectivity index (χ1) is 16.6. The van der Waals surface area contributed by atoms with Crippen LogP contribution in [0.1, 0.15) is 26.3 Å². The van der Waals surface area contributed by atoms with Gasteiger partial charge in [0.1, 0.15) is 11.2 Å². The fourth-order valence-electron chi connectivity index (χ4n) is 3.88. The lowest BCUT2D eigenvalue weighted by Gasteiger charge is -2.11. The van der Waals surface area contributed by atoms with E-state index in [-0.39, 0.29) is 22.7 Å². The second-order valence-electron chi connectivity index (χ2n) is 7.78. The molecule has 0 aliphatic rings. The van der Waals surface area contributed by atoms with Gasteiger partial charge in [0.2, 0.25) is 0 Å². The number of anilines is 1. The first-order valence-corrected chi connectivity index (χ1v) is 10.8. The lowest BCUT2D eigenvalue weighted by atomic mass is 10.1. The van der Waals surface area contributed by atoms with Crippen LogP contribution in [-0.2, 0) is 6.42 Å². The Bertz CT molecular complexity index is 1570. The summed E-state index contributed by atoms with van der Waals surface area (Å²) in [5.74, 6) is -0.767. The van der Waals surface area contributed by atoms with Crippen LogP contribution in [0.5, 0.6) is 0 Å². The highest BCUT2D eigenvalue weighted by Gasteiger charge is 2.19. The molecule has 8 nitrogen and oxygen atoms in total. The quantitative estimate of drug-likeness (QED) is 0.368. The zero-order valence-corrected chi connectivity index (χ0v) is 18.1. The fraction of sp³-hybridized carbons (Fsp3) is 0.0769. The maximum atomic E-state index is 13.1. The molecule has 34 heavy (non-hydrogen) atoms. The van der Waals surface area contributed by atoms with Crippen LogP contribution in [0.3, 0.4) is 0 Å². The molecule has 5 rings (SSSR count). The number of amides is 2. The predicted octanol–water partition coefficient (Wildman–Crippen LogP) is 3.40. The van der Waals surface area contributed by atoms with Crippen molar-refractivity contribution in [1.29, 1.82) is 0 Å². The Morgan fingerprint density at radius 2 is 1.59 bits per heavy atom. The van der Waals surface area contributed by atoms with Gasteiger partial charge < -0.3 is 15.6 Å². The molecule has 0 atom stereocenters. The summed E-state index contributed by atoms with van der Waals surface area (Å²) in [4.78, 5) is 41.1. The van der Waals surface area contributed by atoms with Crippen molar-refractivity contribution in [2.45, 2.75) is 6.42 Å². The summed E-state index contributed by atoms with van der Waals surface area (Å²) in [6.45, 7) is 0.466. The maximum absolute atomic E-state index is 13.1. The van der Waals surface area contributed by atoms with Crippen molar-refractivity contribution in [1.82, 2.24) is 19.9 Å². The summed E-state index contributed by atoms with van der Waals surface area (Å²) < 4.78 is 1.52. The van der Waals surface area contributed by atoms with Crippen LogP contribution in [0, 0.1) is 0 Å². The number of aromatic nitrogens is 3. The third-order valence-corrected chi connectivity index (χ3v) is 5.58. The minimum atomic E-state index is -0.481. The van der Waals surface area contributed by atoms with Gasteiger partial charge in [-0.15, -0.1) is 0 Å². The zero-order chi connectivity index (χ0) is 23.5. The van der Waals surface area contributed by atoms with E-state index in [0.717, 1.165) is 5.56 Å². The van der Waals surface area contributed by atoms with Crippen LogP contribution in [-0.4, -0.2) is 33.0 Å². The monoisotopic (exact) mass is 451 g/mol. The molecule has 3 aromatic carbocycles. The van der Waals surface area contributed by atoms with Gasteiger partial charge >= 0.3 is 0 Å². The molecule has 0 saturated heterocycles. The Balaban J connectivity index is 1.37. The summed E-state index contributed by atoms with van der Waals surface area (Å²) in [6.07, 6.45) is 2.10. The predicted molar refractivity (Wildman–Crippen MR) is 130 cm³/mol. The second-order valence-corrected chi connectivity index (χ2v) is 7.78. The van der Waals surface area contributed by atoms with Crippen molar-refractivity contribution < 1.29 is 9.59 Å². The molecular formula is C26H21N5O3. The highest BCUT2D eigenvalue weighted by atomic mass is 16.2. The van der Waals surface area contributed by atoms with Crippen molar-refractivity contribution in [3.8, 4) is 0 Å². The van der Waals surface area contributed by atoms with Gasteiger partial charge in [0, 0.05) is 6.54 Å². The van der Waals surface area contributed by atoms with Crippen LogP contribution in [0.2, 0.25) is 0 Å². The van der Waals surface area contributed by atoms with E-state index in [1.165, 1.54) is 10.7 Å². The Morgan fingerprint density at radius 3 is 2.44 bits per heavy atom. The molecule has 0 fully saturated rings. The minimum absolute atomic E-state index is 0.196. The highest BCUT2D eigenvalue weighted by Crippen LogP contribution is 2.19. The number of fused-ring (bicyclic) bond motifs is 3. The third kappa shape index (κ3) is 4.04. The van der Waals surface area contributed by atoms with E-state index >= 15 is 0 Å². The smallest absolute Gasteiger partial charge is 0.261 e. The Kier molecular flexibility index (Phi) is 5.61. The van der Waals surface area contributed by atoms with Gasteiger partial charge in [-0.05, 0) is 36.2 Å². The summed E-state index contributed by atoms with van der Waals surface area (Å²) in [5, 5.41) is 10.4. The zero-order valence-electron chi connectivity index (χ0n) is 18.1. The molecule has 5 aromatic rings. The number of hydrogen-bond acceptors (Lipinski definition) is 4. The standard InChI is InChI=1S/C26H21N5O3/c32-24(27-15-14-17-8-2-1-3-9-17)18-10-4-6-12-21(18)29-26(34)20-16-28-31-22-13-7-5-11-19(22)25(33)30-23(20)31/h1-13,16H,14-15H2,(H,27,32)(H,29,34)(H,30,33). The molecule has 8 heteroatoms. The summed E-state index contributed by atoms with van der Waals surface area (Å²) in [7, 11) is 0. The molecule has 0 aliphatic heterocycles. The van der Waals surface area contributed by atoms with Crippen LogP contribution in [0.15, 0.2) is 89.9 Å². The normalized spacial score (nSPS) is 10.9. The van der Waals surface area contributed by atoms with Crippen LogP contribution >= 0.6 is 0 Å². The van der Waals surface area contributed by atoms with Crippen molar-refractivity contribution in [3.05, 3.63) is 112 Å². The van der Waals surface area contributed by atoms with E-state index in [2.05, 4.69) is 20.7 Å². The highest BCUT2D eigenvalue weighted by molar-refractivity contribution is 6.11. The van der Waals surface area contributed by atoms with Gasteiger partial charge in [-0.3, -0.25) is 14.4 Å². The fourth-order valence-corrected chi connectivity index (χ4v) is 3.88. The number of H-pyrrole nitrogens is 1. The molecule has 3 N–H and O–H groups in total. The van der Waals surface area contributed by atoms with Crippen molar-refractivity contribution in [3.63, 3.8) is 0 Å². The molecule has 0 bridgehead atoms. The Morgan fingerprint density at radius 1 is 0.853 bits per heavy atom. The first-order valence-electron chi connectivity index (χ1n) is 10.8. The lowest BCUT2D eigenvalue weighted by Crippen LogP contribution is -2.27. The van der Waals surface area contributed by atoms with Crippen LogP contribution in [0.4, 0.5) is 5.69 Å². The Hall–Kier alpha value is -4.72. The number of nitrogens with zero attached hydrogens (tertiary/aromatic N) is 2. The third-order valence-electron chi connectivity index (χ3n) is 5.58. The van der Waals surface area contributed by atoms with Gasteiger partial charge in [0.05, 0.1) is 28.4 Å². The van der Waals surface area contributed by atoms with E-state index in [1.54, 1.807) is 48.5 Å². The minimum Gasteiger partial charge on any atom is -0.352 e. The van der Waals surface area contributed by atoms with Gasteiger partial charge in [-0.1, -0.05) is 54.6 Å². The van der Waals surface area contributed by atoms with Crippen molar-refractivity contribution >= 4 is 34.1 Å². The number of carbonyl (C=O) groups is 2. The number of nitrogens with one attached hydrogen (secondary N) is 3. The van der Waals surface area contributed by atoms with E-state index < -0.39 is 5.91 Å². The molecule has 2 amide bonds. The molecule has 0 radical (unpaired) electrons. The van der Waals surface area contributed by atoms with E-state index in [1.807, 2.05) is 30.3 Å². The molecule has 0 saturated carbocycles. The summed E-state index contributed by atoms with van der Waals surface area (Å²) in [6, 6.07) is 23.7. The number of aromatic amines is 1. The molecule has 2 heterocycles. The SMILES string of the molecule is O=C(NCCc1ccccc1)c1ccccc1NC(=O)c1cnn2c1[nH]c(=O)c1ccccc12. The van der Waals surface area contributed by atoms with Crippen molar-refractivity contribution in [2.75, 3.05) is 11.9 Å². The Labute approximate surface area is 194 Å². The van der Waals surface area contributed by atoms with Crippen LogP contribution in [0.25, 0.3) is 16.6 Å². The van der Waals surface area contributed by atoms with E-state index in [9.17, 15) is 14.4 Å². The van der Waals surface area contributed by atoms with Gasteiger partial charge in [-0.2, -0.15) is 5.10 Å². The lowest BCUT2D eigenvalue weighted by molar-refractivity contribution is 0.0955. The van der Waals surface area contributed by atoms with Crippen LogP contribution < -0.4 is 16.2 Å². The summed E-state index contributed by atoms with van der Waals surface area (Å²) >= 11 is 0. The van der Waals surface area contributed by atoms with Gasteiger partial charge in [0.25, 0.3) is 17.4 Å². The molecule has 168 valence electrons. The molecule has 2 aromatic heterocycles. The van der Waals surface area contributed by atoms with E-state index in [0.29, 0.717) is 35.1 Å². The average Bonchev–Trinajstić information content (AvgIpc) is 3.29. The van der Waals surface area contributed by atoms with Gasteiger partial charge in [0.15, 0.2) is 0 Å². The maximum Gasteiger partial charge on any atom is 0.261 e. The average molecular weight is 451 g/mol. The number of para-hydroxylation sites is 2. The number of rotatable bonds is 6. The number of hydrogen-bond donors (Lipinski definition) is 3. The van der Waals surface area contributed by atoms with E-state index in [4.69, 9.17) is 0 Å². The second kappa shape index (κ2) is 9.03. The number of carbonyl (C=O) groups excluding carboxylic acids is 2.